The Kier molecular flexibility index (Phi) is 4.04. The fourth-order valence-corrected chi connectivity index (χ4v) is 2.97. The van der Waals surface area contributed by atoms with Gasteiger partial charge in [-0.15, -0.1) is 0 Å². The molecule has 19 heavy (non-hydrogen) atoms. The summed E-state index contributed by atoms with van der Waals surface area (Å²) < 4.78 is 11.0. The zero-order valence-electron chi connectivity index (χ0n) is 11.7. The predicted octanol–water partition coefficient (Wildman–Crippen LogP) is 2.70. The SMILES string of the molecule is CCC(NCC1CCOC1)c1ccc2c(c1)CCO2. The van der Waals surface area contributed by atoms with Gasteiger partial charge < -0.3 is 14.8 Å². The largest absolute Gasteiger partial charge is 0.493 e. The third kappa shape index (κ3) is 2.93. The van der Waals surface area contributed by atoms with Gasteiger partial charge in [0.25, 0.3) is 0 Å². The van der Waals surface area contributed by atoms with E-state index in [1.54, 1.807) is 0 Å². The van der Waals surface area contributed by atoms with Crippen LogP contribution >= 0.6 is 0 Å². The lowest BCUT2D eigenvalue weighted by Gasteiger charge is -2.20. The van der Waals surface area contributed by atoms with E-state index in [0.29, 0.717) is 12.0 Å². The molecule has 3 nitrogen and oxygen atoms in total. The number of fused-ring (bicyclic) bond motifs is 1. The summed E-state index contributed by atoms with van der Waals surface area (Å²) in [6, 6.07) is 7.10. The number of rotatable bonds is 5. The monoisotopic (exact) mass is 261 g/mol. The van der Waals surface area contributed by atoms with Crippen LogP contribution in [0.3, 0.4) is 0 Å². The van der Waals surface area contributed by atoms with Crippen LogP contribution in [0.25, 0.3) is 0 Å². The summed E-state index contributed by atoms with van der Waals surface area (Å²) in [5.41, 5.74) is 2.76. The maximum atomic E-state index is 5.57. The van der Waals surface area contributed by atoms with Crippen molar-refractivity contribution in [1.82, 2.24) is 5.32 Å². The van der Waals surface area contributed by atoms with E-state index in [4.69, 9.17) is 9.47 Å². The fourth-order valence-electron chi connectivity index (χ4n) is 2.97. The summed E-state index contributed by atoms with van der Waals surface area (Å²) in [4.78, 5) is 0. The first-order valence-electron chi connectivity index (χ1n) is 7.43. The Hall–Kier alpha value is -1.06. The second kappa shape index (κ2) is 5.93. The van der Waals surface area contributed by atoms with Crippen molar-refractivity contribution >= 4 is 0 Å². The molecular formula is C16H23NO2. The minimum absolute atomic E-state index is 0.450. The van der Waals surface area contributed by atoms with Crippen LogP contribution < -0.4 is 10.1 Å². The quantitative estimate of drug-likeness (QED) is 0.884. The first-order valence-corrected chi connectivity index (χ1v) is 7.43. The Morgan fingerprint density at radius 1 is 1.37 bits per heavy atom. The molecule has 2 atom stereocenters. The normalized spacial score (nSPS) is 23.1. The van der Waals surface area contributed by atoms with Gasteiger partial charge in [0, 0.05) is 25.6 Å². The van der Waals surface area contributed by atoms with E-state index in [2.05, 4.69) is 30.4 Å². The molecule has 1 aromatic carbocycles. The molecule has 0 radical (unpaired) electrons. The summed E-state index contributed by atoms with van der Waals surface area (Å²) in [5.74, 6) is 1.76. The van der Waals surface area contributed by atoms with Crippen molar-refractivity contribution in [3.63, 3.8) is 0 Å². The van der Waals surface area contributed by atoms with E-state index in [0.717, 1.165) is 45.0 Å². The van der Waals surface area contributed by atoms with Crippen LogP contribution in [0.2, 0.25) is 0 Å². The van der Waals surface area contributed by atoms with Crippen LogP contribution in [0.5, 0.6) is 5.75 Å². The first-order chi connectivity index (χ1) is 9.36. The van der Waals surface area contributed by atoms with Crippen molar-refractivity contribution in [2.45, 2.75) is 32.2 Å². The molecule has 0 saturated carbocycles. The lowest BCUT2D eigenvalue weighted by atomic mass is 10.00. The molecule has 3 rings (SSSR count). The minimum Gasteiger partial charge on any atom is -0.493 e. The van der Waals surface area contributed by atoms with Crippen molar-refractivity contribution in [3.05, 3.63) is 29.3 Å². The van der Waals surface area contributed by atoms with Crippen LogP contribution in [0.15, 0.2) is 18.2 Å². The maximum Gasteiger partial charge on any atom is 0.122 e. The van der Waals surface area contributed by atoms with E-state index in [-0.39, 0.29) is 0 Å². The molecule has 2 aliphatic rings. The highest BCUT2D eigenvalue weighted by molar-refractivity contribution is 5.40. The second-order valence-corrected chi connectivity index (χ2v) is 5.56. The van der Waals surface area contributed by atoms with Crippen LogP contribution in [0.4, 0.5) is 0 Å². The fraction of sp³-hybridized carbons (Fsp3) is 0.625. The Bertz CT molecular complexity index is 427. The first kappa shape index (κ1) is 12.9. The summed E-state index contributed by atoms with van der Waals surface area (Å²) in [7, 11) is 0. The molecule has 1 fully saturated rings. The molecule has 1 N–H and O–H groups in total. The van der Waals surface area contributed by atoms with Gasteiger partial charge in [-0.2, -0.15) is 0 Å². The third-order valence-corrected chi connectivity index (χ3v) is 4.20. The van der Waals surface area contributed by atoms with Gasteiger partial charge in [0.15, 0.2) is 0 Å². The standard InChI is InChI=1S/C16H23NO2/c1-2-15(17-10-12-5-7-18-11-12)13-3-4-16-14(9-13)6-8-19-16/h3-4,9,12,15,17H,2,5-8,10-11H2,1H3. The topological polar surface area (TPSA) is 30.5 Å². The van der Waals surface area contributed by atoms with Crippen molar-refractivity contribution in [2.75, 3.05) is 26.4 Å². The van der Waals surface area contributed by atoms with Gasteiger partial charge in [0.1, 0.15) is 5.75 Å². The molecule has 2 unspecified atom stereocenters. The zero-order valence-corrected chi connectivity index (χ0v) is 11.7. The average Bonchev–Trinajstić information content (AvgIpc) is 3.09. The Morgan fingerprint density at radius 3 is 3.11 bits per heavy atom. The van der Waals surface area contributed by atoms with Crippen molar-refractivity contribution in [1.29, 1.82) is 0 Å². The summed E-state index contributed by atoms with van der Waals surface area (Å²) in [5, 5.41) is 3.70. The molecule has 3 heteroatoms. The van der Waals surface area contributed by atoms with Crippen LogP contribution in [-0.2, 0) is 11.2 Å². The number of hydrogen-bond donors (Lipinski definition) is 1. The smallest absolute Gasteiger partial charge is 0.122 e. The van der Waals surface area contributed by atoms with Crippen molar-refractivity contribution in [2.24, 2.45) is 5.92 Å². The third-order valence-electron chi connectivity index (χ3n) is 4.20. The molecule has 2 heterocycles. The van der Waals surface area contributed by atoms with Gasteiger partial charge in [-0.3, -0.25) is 0 Å². The zero-order chi connectivity index (χ0) is 13.1. The van der Waals surface area contributed by atoms with Crippen LogP contribution in [-0.4, -0.2) is 26.4 Å². The maximum absolute atomic E-state index is 5.57. The summed E-state index contributed by atoms with van der Waals surface area (Å²) in [6.45, 7) is 5.99. The summed E-state index contributed by atoms with van der Waals surface area (Å²) >= 11 is 0. The van der Waals surface area contributed by atoms with Gasteiger partial charge >= 0.3 is 0 Å². The van der Waals surface area contributed by atoms with E-state index < -0.39 is 0 Å². The lowest BCUT2D eigenvalue weighted by molar-refractivity contribution is 0.184. The predicted molar refractivity (Wildman–Crippen MR) is 75.6 cm³/mol. The molecule has 0 amide bonds. The van der Waals surface area contributed by atoms with Crippen LogP contribution in [0, 0.1) is 5.92 Å². The van der Waals surface area contributed by atoms with Gasteiger partial charge in [0.05, 0.1) is 13.2 Å². The molecular weight excluding hydrogens is 238 g/mol. The molecule has 0 aliphatic carbocycles. The Morgan fingerprint density at radius 2 is 2.32 bits per heavy atom. The van der Waals surface area contributed by atoms with Crippen molar-refractivity contribution in [3.8, 4) is 5.75 Å². The van der Waals surface area contributed by atoms with Gasteiger partial charge in [-0.1, -0.05) is 19.1 Å². The number of ether oxygens (including phenoxy) is 2. The Labute approximate surface area is 115 Å². The molecule has 104 valence electrons. The molecule has 0 aromatic heterocycles. The van der Waals surface area contributed by atoms with Gasteiger partial charge in [0.2, 0.25) is 0 Å². The van der Waals surface area contributed by atoms with Gasteiger partial charge in [-0.25, -0.2) is 0 Å². The molecule has 0 bridgehead atoms. The van der Waals surface area contributed by atoms with E-state index in [1.165, 1.54) is 17.5 Å². The highest BCUT2D eigenvalue weighted by atomic mass is 16.5. The molecule has 1 saturated heterocycles. The lowest BCUT2D eigenvalue weighted by Crippen LogP contribution is -2.27. The second-order valence-electron chi connectivity index (χ2n) is 5.56. The van der Waals surface area contributed by atoms with Gasteiger partial charge in [-0.05, 0) is 36.0 Å². The number of hydrogen-bond acceptors (Lipinski definition) is 3. The minimum atomic E-state index is 0.450. The van der Waals surface area contributed by atoms with E-state index in [9.17, 15) is 0 Å². The average molecular weight is 261 g/mol. The van der Waals surface area contributed by atoms with Crippen LogP contribution in [0.1, 0.15) is 36.9 Å². The number of benzene rings is 1. The highest BCUT2D eigenvalue weighted by Gasteiger charge is 2.19. The Balaban J connectivity index is 1.64. The summed E-state index contributed by atoms with van der Waals surface area (Å²) in [6.07, 6.45) is 3.37. The molecule has 1 aromatic rings. The molecule has 0 spiro atoms. The van der Waals surface area contributed by atoms with E-state index >= 15 is 0 Å². The van der Waals surface area contributed by atoms with E-state index in [1.807, 2.05) is 0 Å². The van der Waals surface area contributed by atoms with Crippen molar-refractivity contribution < 1.29 is 9.47 Å². The molecule has 2 aliphatic heterocycles. The number of nitrogens with one attached hydrogen (secondary N) is 1. The highest BCUT2D eigenvalue weighted by Crippen LogP contribution is 2.29.